The van der Waals surface area contributed by atoms with Crippen LogP contribution in [0.1, 0.15) is 6.42 Å². The number of carbonyl (C=O) groups is 1. The summed E-state index contributed by atoms with van der Waals surface area (Å²) >= 11 is 3.31. The highest BCUT2D eigenvalue weighted by atomic mass is 79.9. The van der Waals surface area contributed by atoms with Gasteiger partial charge in [-0.05, 0) is 12.0 Å². The van der Waals surface area contributed by atoms with Crippen LogP contribution in [0.25, 0.3) is 0 Å². The number of nitro groups is 1. The van der Waals surface area contributed by atoms with Crippen LogP contribution in [0.15, 0.2) is 18.2 Å². The van der Waals surface area contributed by atoms with E-state index in [1.165, 1.54) is 11.0 Å². The fourth-order valence-corrected chi connectivity index (χ4v) is 2.38. The van der Waals surface area contributed by atoms with Gasteiger partial charge in [0.2, 0.25) is 11.7 Å². The van der Waals surface area contributed by atoms with Crippen LogP contribution in [0, 0.1) is 21.8 Å². The van der Waals surface area contributed by atoms with E-state index in [0.29, 0.717) is 24.0 Å². The monoisotopic (exact) mass is 316 g/mol. The van der Waals surface area contributed by atoms with Crippen LogP contribution in [0.5, 0.6) is 0 Å². The third kappa shape index (κ3) is 2.35. The van der Waals surface area contributed by atoms with Gasteiger partial charge < -0.3 is 4.90 Å². The molecule has 1 aromatic carbocycles. The Morgan fingerprint density at radius 1 is 1.56 bits per heavy atom. The van der Waals surface area contributed by atoms with Crippen LogP contribution in [-0.4, -0.2) is 22.7 Å². The molecule has 7 heteroatoms. The van der Waals surface area contributed by atoms with Gasteiger partial charge in [-0.2, -0.15) is 4.39 Å². The zero-order valence-corrected chi connectivity index (χ0v) is 10.9. The number of hydrogen-bond acceptors (Lipinski definition) is 3. The molecule has 0 aliphatic carbocycles. The van der Waals surface area contributed by atoms with Gasteiger partial charge in [0.05, 0.1) is 4.92 Å². The zero-order chi connectivity index (χ0) is 13.3. The fraction of sp³-hybridized carbons (Fsp3) is 0.364. The number of nitro benzene ring substituents is 1. The third-order valence-corrected chi connectivity index (χ3v) is 3.78. The van der Waals surface area contributed by atoms with Crippen molar-refractivity contribution in [3.63, 3.8) is 0 Å². The van der Waals surface area contributed by atoms with E-state index >= 15 is 0 Å². The molecule has 1 aromatic rings. The Balaban J connectivity index is 2.27. The smallest absolute Gasteiger partial charge is 0.304 e. The van der Waals surface area contributed by atoms with Gasteiger partial charge in [-0.3, -0.25) is 14.9 Å². The number of rotatable bonds is 3. The Kier molecular flexibility index (Phi) is 3.60. The Morgan fingerprint density at radius 3 is 2.78 bits per heavy atom. The van der Waals surface area contributed by atoms with E-state index in [2.05, 4.69) is 15.9 Å². The Morgan fingerprint density at radius 2 is 2.28 bits per heavy atom. The van der Waals surface area contributed by atoms with Gasteiger partial charge in [0.15, 0.2) is 0 Å². The van der Waals surface area contributed by atoms with Crippen LogP contribution < -0.4 is 4.90 Å². The Bertz CT molecular complexity index is 509. The number of nitrogens with zero attached hydrogens (tertiary/aromatic N) is 2. The van der Waals surface area contributed by atoms with Crippen molar-refractivity contribution in [1.29, 1.82) is 0 Å². The molecule has 18 heavy (non-hydrogen) atoms. The zero-order valence-electron chi connectivity index (χ0n) is 9.31. The largest absolute Gasteiger partial charge is 0.312 e. The molecule has 1 heterocycles. The van der Waals surface area contributed by atoms with Gasteiger partial charge in [0.25, 0.3) is 0 Å². The molecule has 1 aliphatic rings. The lowest BCUT2D eigenvalue weighted by atomic mass is 10.2. The van der Waals surface area contributed by atoms with Crippen molar-refractivity contribution in [1.82, 2.24) is 0 Å². The summed E-state index contributed by atoms with van der Waals surface area (Å²) in [6.07, 6.45) is 0.407. The van der Waals surface area contributed by atoms with Crippen molar-refractivity contribution < 1.29 is 14.1 Å². The van der Waals surface area contributed by atoms with Crippen LogP contribution in [0.3, 0.4) is 0 Å². The van der Waals surface area contributed by atoms with Gasteiger partial charge in [0, 0.05) is 36.1 Å². The van der Waals surface area contributed by atoms with Crippen molar-refractivity contribution in [3.8, 4) is 0 Å². The highest BCUT2D eigenvalue weighted by Crippen LogP contribution is 2.29. The van der Waals surface area contributed by atoms with Gasteiger partial charge in [-0.15, -0.1) is 0 Å². The predicted molar refractivity (Wildman–Crippen MR) is 67.3 cm³/mol. The number of hydrogen-bond donors (Lipinski definition) is 0. The van der Waals surface area contributed by atoms with Crippen LogP contribution >= 0.6 is 15.9 Å². The van der Waals surface area contributed by atoms with Crippen molar-refractivity contribution in [2.45, 2.75) is 6.42 Å². The number of anilines is 1. The summed E-state index contributed by atoms with van der Waals surface area (Å²) in [5.74, 6) is -0.823. The lowest BCUT2D eigenvalue weighted by Gasteiger charge is -2.16. The highest BCUT2D eigenvalue weighted by molar-refractivity contribution is 9.09. The van der Waals surface area contributed by atoms with Crippen molar-refractivity contribution in [3.05, 3.63) is 34.1 Å². The molecule has 1 atom stereocenters. The molecule has 0 spiro atoms. The lowest BCUT2D eigenvalue weighted by Crippen LogP contribution is -2.24. The van der Waals surface area contributed by atoms with Crippen molar-refractivity contribution in [2.75, 3.05) is 16.8 Å². The molecule has 1 aliphatic heterocycles. The highest BCUT2D eigenvalue weighted by Gasteiger charge is 2.30. The van der Waals surface area contributed by atoms with E-state index < -0.39 is 16.4 Å². The van der Waals surface area contributed by atoms with Crippen LogP contribution in [-0.2, 0) is 4.79 Å². The average molecular weight is 317 g/mol. The SMILES string of the molecule is O=C1CC(CBr)CN1c1ccc([N+](=O)[O-])c(F)c1. The second-order valence-electron chi connectivity index (χ2n) is 4.12. The van der Waals surface area contributed by atoms with E-state index in [9.17, 15) is 19.3 Å². The molecule has 0 radical (unpaired) electrons. The summed E-state index contributed by atoms with van der Waals surface area (Å²) in [5.41, 5.74) is -0.214. The average Bonchev–Trinajstić information content (AvgIpc) is 2.70. The first-order valence-electron chi connectivity index (χ1n) is 5.33. The molecule has 96 valence electrons. The minimum Gasteiger partial charge on any atom is -0.312 e. The summed E-state index contributed by atoms with van der Waals surface area (Å²) in [7, 11) is 0. The number of amides is 1. The van der Waals surface area contributed by atoms with Gasteiger partial charge in [-0.25, -0.2) is 0 Å². The molecular formula is C11H10BrFN2O3. The molecule has 0 bridgehead atoms. The third-order valence-electron chi connectivity index (χ3n) is 2.86. The molecule has 2 rings (SSSR count). The van der Waals surface area contributed by atoms with E-state index in [1.807, 2.05) is 0 Å². The molecule has 0 N–H and O–H groups in total. The molecule has 0 saturated carbocycles. The maximum absolute atomic E-state index is 13.5. The lowest BCUT2D eigenvalue weighted by molar-refractivity contribution is -0.387. The quantitative estimate of drug-likeness (QED) is 0.489. The Labute approximate surface area is 111 Å². The van der Waals surface area contributed by atoms with Gasteiger partial charge in [0.1, 0.15) is 0 Å². The first kappa shape index (κ1) is 12.9. The van der Waals surface area contributed by atoms with Crippen molar-refractivity contribution in [2.24, 2.45) is 5.92 Å². The molecule has 1 saturated heterocycles. The van der Waals surface area contributed by atoms with E-state index in [1.54, 1.807) is 0 Å². The number of alkyl halides is 1. The second kappa shape index (κ2) is 5.01. The minimum atomic E-state index is -0.924. The fourth-order valence-electron chi connectivity index (χ4n) is 1.95. The molecule has 0 aromatic heterocycles. The molecule has 1 amide bonds. The van der Waals surface area contributed by atoms with Gasteiger partial charge >= 0.3 is 5.69 Å². The topological polar surface area (TPSA) is 63.5 Å². The first-order valence-corrected chi connectivity index (χ1v) is 6.45. The molecule has 5 nitrogen and oxygen atoms in total. The Hall–Kier alpha value is -1.50. The summed E-state index contributed by atoms with van der Waals surface area (Å²) in [6, 6.07) is 3.52. The van der Waals surface area contributed by atoms with E-state index in [0.717, 1.165) is 12.1 Å². The normalized spacial score (nSPS) is 19.3. The predicted octanol–water partition coefficient (Wildman–Crippen LogP) is 2.48. The second-order valence-corrected chi connectivity index (χ2v) is 4.77. The number of benzene rings is 1. The van der Waals surface area contributed by atoms with E-state index in [-0.39, 0.29) is 11.8 Å². The first-order chi connectivity index (χ1) is 8.52. The summed E-state index contributed by atoms with van der Waals surface area (Å²) < 4.78 is 13.5. The molecule has 1 unspecified atom stereocenters. The van der Waals surface area contributed by atoms with E-state index in [4.69, 9.17) is 0 Å². The minimum absolute atomic E-state index is 0.0901. The maximum Gasteiger partial charge on any atom is 0.304 e. The maximum atomic E-state index is 13.5. The van der Waals surface area contributed by atoms with Gasteiger partial charge in [-0.1, -0.05) is 15.9 Å². The summed E-state index contributed by atoms with van der Waals surface area (Å²) in [4.78, 5) is 22.9. The number of halogens is 2. The molecule has 1 fully saturated rings. The molecular weight excluding hydrogens is 307 g/mol. The summed E-state index contributed by atoms with van der Waals surface area (Å²) in [6.45, 7) is 0.501. The standard InChI is InChI=1S/C11H10BrFN2O3/c12-5-7-3-11(16)14(6-7)8-1-2-10(15(17)18)9(13)4-8/h1-2,4,7H,3,5-6H2. The van der Waals surface area contributed by atoms with Crippen LogP contribution in [0.2, 0.25) is 0 Å². The van der Waals surface area contributed by atoms with Crippen molar-refractivity contribution >= 4 is 33.2 Å². The number of carbonyl (C=O) groups excluding carboxylic acids is 1. The van der Waals surface area contributed by atoms with Crippen LogP contribution in [0.4, 0.5) is 15.8 Å². The summed E-state index contributed by atoms with van der Waals surface area (Å²) in [5, 5.41) is 11.2.